The number of fused-ring (bicyclic) bond motifs is 1. The van der Waals surface area contributed by atoms with Gasteiger partial charge in [-0.2, -0.15) is 0 Å². The van der Waals surface area contributed by atoms with Crippen LogP contribution in [0.3, 0.4) is 0 Å². The van der Waals surface area contributed by atoms with Crippen molar-refractivity contribution in [3.8, 4) is 0 Å². The molecular formula is C22H30O2. The monoisotopic (exact) mass is 326 g/mol. The van der Waals surface area contributed by atoms with Gasteiger partial charge < -0.3 is 4.74 Å². The van der Waals surface area contributed by atoms with Crippen molar-refractivity contribution in [3.05, 3.63) is 48.0 Å². The first-order valence-electron chi connectivity index (χ1n) is 9.23. The van der Waals surface area contributed by atoms with Gasteiger partial charge in [0.05, 0.1) is 5.92 Å². The van der Waals surface area contributed by atoms with Gasteiger partial charge in [0.2, 0.25) is 0 Å². The minimum Gasteiger partial charge on any atom is -0.460 e. The van der Waals surface area contributed by atoms with E-state index >= 15 is 0 Å². The number of hydrogen-bond donors (Lipinski definition) is 0. The van der Waals surface area contributed by atoms with Crippen molar-refractivity contribution in [3.63, 3.8) is 0 Å². The van der Waals surface area contributed by atoms with Crippen LogP contribution in [0.2, 0.25) is 0 Å². The molecule has 2 heteroatoms. The van der Waals surface area contributed by atoms with Gasteiger partial charge in [0.25, 0.3) is 0 Å². The first kappa shape index (κ1) is 17.3. The van der Waals surface area contributed by atoms with E-state index in [1.807, 2.05) is 30.3 Å². The summed E-state index contributed by atoms with van der Waals surface area (Å²) < 4.78 is 5.72. The Hall–Kier alpha value is -1.57. The van der Waals surface area contributed by atoms with Crippen molar-refractivity contribution in [1.29, 1.82) is 0 Å². The molecule has 0 spiro atoms. The van der Waals surface area contributed by atoms with E-state index in [2.05, 4.69) is 27.4 Å². The van der Waals surface area contributed by atoms with Crippen molar-refractivity contribution < 1.29 is 9.53 Å². The highest BCUT2D eigenvalue weighted by Gasteiger charge is 2.55. The highest BCUT2D eigenvalue weighted by atomic mass is 16.5. The molecule has 0 amide bonds. The van der Waals surface area contributed by atoms with Gasteiger partial charge >= 0.3 is 5.97 Å². The van der Waals surface area contributed by atoms with E-state index in [0.29, 0.717) is 17.9 Å². The Morgan fingerprint density at radius 1 is 1.21 bits per heavy atom. The Labute approximate surface area is 146 Å². The molecule has 130 valence electrons. The third-order valence-electron chi connectivity index (χ3n) is 6.56. The molecule has 0 heterocycles. The number of rotatable bonds is 3. The van der Waals surface area contributed by atoms with Crippen molar-refractivity contribution in [2.75, 3.05) is 0 Å². The summed E-state index contributed by atoms with van der Waals surface area (Å²) in [5.41, 5.74) is 2.40. The predicted octanol–water partition coefficient (Wildman–Crippen LogP) is 5.53. The molecule has 0 N–H and O–H groups in total. The van der Waals surface area contributed by atoms with E-state index in [-0.39, 0.29) is 17.3 Å². The van der Waals surface area contributed by atoms with Crippen LogP contribution in [-0.2, 0) is 16.1 Å². The van der Waals surface area contributed by atoms with E-state index in [4.69, 9.17) is 4.74 Å². The van der Waals surface area contributed by atoms with Crippen molar-refractivity contribution in [2.24, 2.45) is 22.7 Å². The molecular weight excluding hydrogens is 296 g/mol. The molecule has 2 aliphatic carbocycles. The molecule has 2 fully saturated rings. The van der Waals surface area contributed by atoms with E-state index in [1.54, 1.807) is 0 Å². The highest BCUT2D eigenvalue weighted by molar-refractivity contribution is 5.77. The highest BCUT2D eigenvalue weighted by Crippen LogP contribution is 2.61. The van der Waals surface area contributed by atoms with Gasteiger partial charge in [0.15, 0.2) is 0 Å². The fraction of sp³-hybridized carbons (Fsp3) is 0.591. The lowest BCUT2D eigenvalue weighted by atomic mass is 9.47. The first-order chi connectivity index (χ1) is 11.3. The summed E-state index contributed by atoms with van der Waals surface area (Å²) in [6, 6.07) is 9.92. The van der Waals surface area contributed by atoms with Crippen LogP contribution in [0.1, 0.15) is 58.4 Å². The predicted molar refractivity (Wildman–Crippen MR) is 97.3 cm³/mol. The van der Waals surface area contributed by atoms with Crippen LogP contribution >= 0.6 is 0 Å². The Morgan fingerprint density at radius 3 is 2.62 bits per heavy atom. The molecule has 0 aromatic heterocycles. The molecule has 2 nitrogen and oxygen atoms in total. The van der Waals surface area contributed by atoms with Gasteiger partial charge in [-0.15, -0.1) is 0 Å². The van der Waals surface area contributed by atoms with Gasteiger partial charge in [-0.3, -0.25) is 4.79 Å². The van der Waals surface area contributed by atoms with Crippen LogP contribution in [0.25, 0.3) is 0 Å². The average Bonchev–Trinajstić information content (AvgIpc) is 2.52. The summed E-state index contributed by atoms with van der Waals surface area (Å²) in [5.74, 6) is 0.340. The number of esters is 1. The zero-order chi connectivity index (χ0) is 17.4. The van der Waals surface area contributed by atoms with Crippen LogP contribution in [-0.4, -0.2) is 5.97 Å². The maximum Gasteiger partial charge on any atom is 0.313 e. The lowest BCUT2D eigenvalue weighted by molar-refractivity contribution is -0.160. The van der Waals surface area contributed by atoms with Crippen molar-refractivity contribution in [1.82, 2.24) is 0 Å². The maximum atomic E-state index is 13.0. The third-order valence-corrected chi connectivity index (χ3v) is 6.56. The molecule has 1 aromatic carbocycles. The van der Waals surface area contributed by atoms with Crippen LogP contribution in [0, 0.1) is 22.7 Å². The minimum absolute atomic E-state index is 0.00907. The summed E-state index contributed by atoms with van der Waals surface area (Å²) in [7, 11) is 0. The molecule has 3 rings (SSSR count). The van der Waals surface area contributed by atoms with Gasteiger partial charge in [0, 0.05) is 0 Å². The molecule has 2 saturated carbocycles. The van der Waals surface area contributed by atoms with Crippen LogP contribution in [0.15, 0.2) is 42.5 Å². The quantitative estimate of drug-likeness (QED) is 0.539. The molecule has 0 radical (unpaired) electrons. The summed E-state index contributed by atoms with van der Waals surface area (Å²) in [6.07, 6.45) is 5.66. The van der Waals surface area contributed by atoms with Gasteiger partial charge in [-0.1, -0.05) is 69.7 Å². The van der Waals surface area contributed by atoms with E-state index in [0.717, 1.165) is 30.4 Å². The second-order valence-corrected chi connectivity index (χ2v) is 8.62. The molecule has 0 aliphatic heterocycles. The number of ether oxygens (including phenoxy) is 1. The van der Waals surface area contributed by atoms with Gasteiger partial charge in [-0.25, -0.2) is 0 Å². The maximum absolute atomic E-state index is 13.0. The molecule has 1 aromatic rings. The van der Waals surface area contributed by atoms with E-state index < -0.39 is 0 Å². The van der Waals surface area contributed by atoms with Crippen molar-refractivity contribution >= 4 is 5.97 Å². The number of carbonyl (C=O) groups is 1. The number of hydrogen-bond acceptors (Lipinski definition) is 2. The van der Waals surface area contributed by atoms with Crippen molar-refractivity contribution in [2.45, 2.75) is 59.5 Å². The third kappa shape index (κ3) is 3.03. The van der Waals surface area contributed by atoms with Crippen LogP contribution in [0.4, 0.5) is 0 Å². The number of carbonyl (C=O) groups excluding carboxylic acids is 1. The molecule has 0 saturated heterocycles. The summed E-state index contributed by atoms with van der Waals surface area (Å²) in [4.78, 5) is 13.0. The average molecular weight is 326 g/mol. The Balaban J connectivity index is 1.79. The standard InChI is InChI=1S/C22H30O2/c1-16-11-12-18-21(2,3)13-8-14-22(18,4)19(16)20(23)24-15-17-9-6-5-7-10-17/h5-7,9-10,18-19H,1,8,11-15H2,2-4H3/t18-,19+,22-/m0/s1. The smallest absolute Gasteiger partial charge is 0.313 e. The largest absolute Gasteiger partial charge is 0.460 e. The zero-order valence-electron chi connectivity index (χ0n) is 15.3. The van der Waals surface area contributed by atoms with E-state index in [1.165, 1.54) is 12.8 Å². The summed E-state index contributed by atoms with van der Waals surface area (Å²) in [5, 5.41) is 0. The Bertz CT molecular complexity index is 616. The molecule has 0 unspecified atom stereocenters. The van der Waals surface area contributed by atoms with Crippen LogP contribution in [0.5, 0.6) is 0 Å². The zero-order valence-corrected chi connectivity index (χ0v) is 15.3. The van der Waals surface area contributed by atoms with Gasteiger partial charge in [-0.05, 0) is 48.0 Å². The SMILES string of the molecule is C=C1CC[C@H]2C(C)(C)CCC[C@]2(C)[C@H]1C(=O)OCc1ccccc1. The Morgan fingerprint density at radius 2 is 1.92 bits per heavy atom. The fourth-order valence-electron chi connectivity index (χ4n) is 5.42. The Kier molecular flexibility index (Phi) is 4.59. The molecule has 0 bridgehead atoms. The molecule has 2 aliphatic rings. The molecule has 3 atom stereocenters. The minimum atomic E-state index is -0.153. The first-order valence-corrected chi connectivity index (χ1v) is 9.23. The number of benzene rings is 1. The topological polar surface area (TPSA) is 26.3 Å². The fourth-order valence-corrected chi connectivity index (χ4v) is 5.42. The second kappa shape index (κ2) is 6.38. The molecule has 24 heavy (non-hydrogen) atoms. The van der Waals surface area contributed by atoms with Gasteiger partial charge in [0.1, 0.15) is 6.61 Å². The second-order valence-electron chi connectivity index (χ2n) is 8.62. The summed E-state index contributed by atoms with van der Waals surface area (Å²) in [6.45, 7) is 11.7. The van der Waals surface area contributed by atoms with Crippen LogP contribution < -0.4 is 0 Å². The normalized spacial score (nSPS) is 32.0. The lowest BCUT2D eigenvalue weighted by Crippen LogP contribution is -2.52. The lowest BCUT2D eigenvalue weighted by Gasteiger charge is -2.56. The van der Waals surface area contributed by atoms with E-state index in [9.17, 15) is 4.79 Å². The summed E-state index contributed by atoms with van der Waals surface area (Å²) >= 11 is 0.